The average molecular weight is 427 g/mol. The van der Waals surface area contributed by atoms with Crippen LogP contribution in [0, 0.1) is 38.0 Å². The molecule has 0 saturated heterocycles. The van der Waals surface area contributed by atoms with Gasteiger partial charge in [0.15, 0.2) is 0 Å². The molecule has 0 spiro atoms. The van der Waals surface area contributed by atoms with E-state index in [2.05, 4.69) is 11.7 Å². The van der Waals surface area contributed by atoms with Crippen molar-refractivity contribution in [3.63, 3.8) is 0 Å². The van der Waals surface area contributed by atoms with E-state index in [9.17, 15) is 4.79 Å². The van der Waals surface area contributed by atoms with Crippen LogP contribution in [0.3, 0.4) is 0 Å². The standard InChI is InChI=1S/C12H13O2.U/c1-4-10(12(13)14-3)11-8-6-5-7-9(11)2;/h4-8H,2H2,1,3H3;/q-1;/b10-4+;. The quantitative estimate of drug-likeness (QED) is 0.412. The van der Waals surface area contributed by atoms with Gasteiger partial charge in [0.05, 0.1) is 7.11 Å². The molecule has 0 aliphatic carbocycles. The molecule has 3 heteroatoms. The maximum Gasteiger partial charge on any atom is 0.325 e. The molecule has 0 N–H and O–H groups in total. The van der Waals surface area contributed by atoms with Crippen molar-refractivity contribution in [1.82, 2.24) is 0 Å². The Kier molecular flexibility index (Phi) is 6.47. The van der Waals surface area contributed by atoms with Gasteiger partial charge in [-0.3, -0.25) is 0 Å². The summed E-state index contributed by atoms with van der Waals surface area (Å²) in [6, 6.07) is 7.48. The second kappa shape index (κ2) is 6.77. The summed E-state index contributed by atoms with van der Waals surface area (Å²) < 4.78 is 4.68. The van der Waals surface area contributed by atoms with Gasteiger partial charge in [-0.25, -0.2) is 4.79 Å². The van der Waals surface area contributed by atoms with Gasteiger partial charge in [0.25, 0.3) is 0 Å². The van der Waals surface area contributed by atoms with Crippen molar-refractivity contribution in [2.24, 2.45) is 0 Å². The number of ether oxygens (including phenoxy) is 1. The van der Waals surface area contributed by atoms with E-state index in [1.54, 1.807) is 13.0 Å². The molecule has 0 bridgehead atoms. The summed E-state index contributed by atoms with van der Waals surface area (Å²) >= 11 is 0. The van der Waals surface area contributed by atoms with Gasteiger partial charge in [-0.15, -0.1) is 17.7 Å². The van der Waals surface area contributed by atoms with E-state index < -0.39 is 0 Å². The summed E-state index contributed by atoms with van der Waals surface area (Å²) in [6.45, 7) is 5.66. The first-order valence-corrected chi connectivity index (χ1v) is 4.36. The van der Waals surface area contributed by atoms with E-state index in [4.69, 9.17) is 0 Å². The number of carbonyl (C=O) groups excluding carboxylic acids is 1. The summed E-state index contributed by atoms with van der Waals surface area (Å²) in [7, 11) is 1.37. The number of esters is 1. The van der Waals surface area contributed by atoms with Crippen LogP contribution >= 0.6 is 0 Å². The summed E-state index contributed by atoms with van der Waals surface area (Å²) in [5.41, 5.74) is 2.20. The number of hydrogen-bond donors (Lipinski definition) is 0. The molecule has 0 aliphatic heterocycles. The number of methoxy groups -OCH3 is 1. The second-order valence-electron chi connectivity index (χ2n) is 2.85. The zero-order valence-electron chi connectivity index (χ0n) is 8.91. The minimum atomic E-state index is -0.330. The molecule has 0 amide bonds. The first-order valence-electron chi connectivity index (χ1n) is 4.36. The Bertz CT molecular complexity index is 370. The number of allylic oxidation sites excluding steroid dienone is 1. The van der Waals surface area contributed by atoms with Crippen LogP contribution in [-0.4, -0.2) is 13.1 Å². The molecule has 2 nitrogen and oxygen atoms in total. The SMILES string of the molecule is [CH2-]c1ccccc1/C(=C\C)C(=O)OC.[U]. The minimum absolute atomic E-state index is 0. The normalized spacial score (nSPS) is 10.4. The van der Waals surface area contributed by atoms with E-state index in [0.717, 1.165) is 11.1 Å². The zero-order chi connectivity index (χ0) is 10.6. The van der Waals surface area contributed by atoms with Crippen molar-refractivity contribution in [1.29, 1.82) is 0 Å². The van der Waals surface area contributed by atoms with Crippen molar-refractivity contribution in [3.05, 3.63) is 48.4 Å². The van der Waals surface area contributed by atoms with Gasteiger partial charge in [0.1, 0.15) is 0 Å². The monoisotopic (exact) mass is 427 g/mol. The van der Waals surface area contributed by atoms with E-state index in [1.165, 1.54) is 7.11 Å². The van der Waals surface area contributed by atoms with Gasteiger partial charge in [-0.2, -0.15) is 18.6 Å². The smallest absolute Gasteiger partial charge is 0.325 e. The third-order valence-electron chi connectivity index (χ3n) is 2.00. The molecule has 0 atom stereocenters. The predicted octanol–water partition coefficient (Wildman–Crippen LogP) is 2.45. The fraction of sp³-hybridized carbons (Fsp3) is 0.167. The molecular formula is C12H13O2U-. The van der Waals surface area contributed by atoms with Crippen molar-refractivity contribution >= 4 is 11.5 Å². The molecule has 1 aromatic carbocycles. The maximum atomic E-state index is 11.4. The topological polar surface area (TPSA) is 26.3 Å². The molecule has 0 unspecified atom stereocenters. The molecule has 0 radical (unpaired) electrons. The zero-order valence-corrected chi connectivity index (χ0v) is 13.1. The van der Waals surface area contributed by atoms with E-state index in [0.29, 0.717) is 5.57 Å². The Morgan fingerprint density at radius 1 is 1.40 bits per heavy atom. The molecule has 0 aromatic heterocycles. The molecule has 0 fully saturated rings. The van der Waals surface area contributed by atoms with Gasteiger partial charge in [-0.1, -0.05) is 12.1 Å². The Morgan fingerprint density at radius 2 is 2.00 bits per heavy atom. The van der Waals surface area contributed by atoms with Crippen molar-refractivity contribution in [2.75, 3.05) is 7.11 Å². The van der Waals surface area contributed by atoms with E-state index in [-0.39, 0.29) is 37.1 Å². The predicted molar refractivity (Wildman–Crippen MR) is 56.6 cm³/mol. The van der Waals surface area contributed by atoms with Crippen molar-refractivity contribution < 1.29 is 40.6 Å². The Balaban J connectivity index is 0.00000196. The Hall–Kier alpha value is -0.648. The molecular weight excluding hydrogens is 414 g/mol. The van der Waals surface area contributed by atoms with Crippen LogP contribution in [0.25, 0.3) is 5.57 Å². The van der Waals surface area contributed by atoms with Gasteiger partial charge >= 0.3 is 5.97 Å². The molecule has 0 heterocycles. The summed E-state index contributed by atoms with van der Waals surface area (Å²) in [5, 5.41) is 0. The van der Waals surface area contributed by atoms with Gasteiger partial charge < -0.3 is 4.74 Å². The average Bonchev–Trinajstić information content (AvgIpc) is 2.21. The fourth-order valence-electron chi connectivity index (χ4n) is 1.28. The Labute approximate surface area is 114 Å². The van der Waals surface area contributed by atoms with Crippen LogP contribution in [0.15, 0.2) is 30.3 Å². The second-order valence-corrected chi connectivity index (χ2v) is 2.85. The molecule has 1 aromatic rings. The van der Waals surface area contributed by atoms with Crippen LogP contribution in [0.1, 0.15) is 18.1 Å². The number of hydrogen-bond acceptors (Lipinski definition) is 2. The van der Waals surface area contributed by atoms with Gasteiger partial charge in [0.2, 0.25) is 0 Å². The Morgan fingerprint density at radius 3 is 2.47 bits per heavy atom. The van der Waals surface area contributed by atoms with Crippen LogP contribution in [0.4, 0.5) is 0 Å². The number of benzene rings is 1. The minimum Gasteiger partial charge on any atom is -0.466 e. The van der Waals surface area contributed by atoms with Crippen molar-refractivity contribution in [2.45, 2.75) is 6.92 Å². The van der Waals surface area contributed by atoms with Crippen LogP contribution < -0.4 is 0 Å². The molecule has 78 valence electrons. The number of carbonyl (C=O) groups is 1. The third kappa shape index (κ3) is 3.44. The summed E-state index contributed by atoms with van der Waals surface area (Å²) in [6.07, 6.45) is 1.73. The first-order chi connectivity index (χ1) is 6.70. The van der Waals surface area contributed by atoms with Gasteiger partial charge in [0, 0.05) is 36.7 Å². The fourth-order valence-corrected chi connectivity index (χ4v) is 1.28. The van der Waals surface area contributed by atoms with Crippen LogP contribution in [0.5, 0.6) is 0 Å². The number of rotatable bonds is 2. The maximum absolute atomic E-state index is 11.4. The summed E-state index contributed by atoms with van der Waals surface area (Å²) in [4.78, 5) is 11.4. The van der Waals surface area contributed by atoms with Crippen LogP contribution in [0.2, 0.25) is 0 Å². The third-order valence-corrected chi connectivity index (χ3v) is 2.00. The van der Waals surface area contributed by atoms with Crippen molar-refractivity contribution in [3.8, 4) is 0 Å². The first kappa shape index (κ1) is 14.4. The van der Waals surface area contributed by atoms with E-state index >= 15 is 0 Å². The molecule has 0 saturated carbocycles. The molecule has 15 heavy (non-hydrogen) atoms. The summed E-state index contributed by atoms with van der Waals surface area (Å²) in [5.74, 6) is -0.330. The van der Waals surface area contributed by atoms with Crippen LogP contribution in [-0.2, 0) is 9.53 Å². The molecule has 0 aliphatic rings. The van der Waals surface area contributed by atoms with Gasteiger partial charge in [-0.05, 0) is 6.92 Å². The largest absolute Gasteiger partial charge is 0.466 e. The molecule has 1 rings (SSSR count). The van der Waals surface area contributed by atoms with E-state index in [1.807, 2.05) is 24.3 Å².